The van der Waals surface area contributed by atoms with Crippen LogP contribution in [0.25, 0.3) is 10.8 Å². The lowest BCUT2D eigenvalue weighted by Crippen LogP contribution is -2.32. The Bertz CT molecular complexity index is 1030. The fourth-order valence-electron chi connectivity index (χ4n) is 3.48. The third-order valence-corrected chi connectivity index (χ3v) is 4.90. The Kier molecular flexibility index (Phi) is 6.50. The average molecular weight is 391 g/mol. The molecule has 1 N–H and O–H groups in total. The van der Waals surface area contributed by atoms with E-state index in [1.54, 1.807) is 12.0 Å². The van der Waals surface area contributed by atoms with Crippen molar-refractivity contribution in [3.05, 3.63) is 71.8 Å². The van der Waals surface area contributed by atoms with E-state index in [1.807, 2.05) is 67.6 Å². The summed E-state index contributed by atoms with van der Waals surface area (Å²) in [6.07, 6.45) is 1.21. The number of carbonyl (C=O) groups excluding carboxylic acids is 1. The topological polar surface area (TPSA) is 66.8 Å². The number of anilines is 1. The van der Waals surface area contributed by atoms with E-state index >= 15 is 0 Å². The van der Waals surface area contributed by atoms with E-state index in [0.29, 0.717) is 24.9 Å². The first-order valence-electron chi connectivity index (χ1n) is 9.67. The highest BCUT2D eigenvalue weighted by Gasteiger charge is 2.20. The fraction of sp³-hybridized carbons (Fsp3) is 0.250. The number of aryl methyl sites for hydroxylation is 1. The van der Waals surface area contributed by atoms with Crippen molar-refractivity contribution in [3.63, 3.8) is 0 Å². The van der Waals surface area contributed by atoms with E-state index < -0.39 is 5.97 Å². The summed E-state index contributed by atoms with van der Waals surface area (Å²) < 4.78 is 5.48. The molecule has 0 aliphatic carbocycles. The molecular formula is C24H25NO4. The molecule has 5 heteroatoms. The third-order valence-electron chi connectivity index (χ3n) is 4.90. The summed E-state index contributed by atoms with van der Waals surface area (Å²) in [5, 5.41) is 10.8. The molecule has 0 fully saturated rings. The number of fused-ring (bicyclic) bond motifs is 1. The minimum atomic E-state index is -0.823. The van der Waals surface area contributed by atoms with Gasteiger partial charge in [-0.2, -0.15) is 0 Å². The van der Waals surface area contributed by atoms with E-state index in [4.69, 9.17) is 9.84 Å². The van der Waals surface area contributed by atoms with E-state index in [2.05, 4.69) is 0 Å². The first kappa shape index (κ1) is 20.4. The standard InChI is InChI=1S/C24H25NO4/c1-17-8-7-9-18(16-17)24(28)25(15-6-5-12-23(26)27)21-13-14-22(29-2)20-11-4-3-10-19(20)21/h3-4,7-11,13-14,16H,5-6,12,15H2,1-2H3,(H,26,27). The number of carbonyl (C=O) groups is 2. The van der Waals surface area contributed by atoms with Crippen LogP contribution < -0.4 is 9.64 Å². The Balaban J connectivity index is 2.02. The van der Waals surface area contributed by atoms with Gasteiger partial charge in [0.25, 0.3) is 5.91 Å². The van der Waals surface area contributed by atoms with E-state index in [1.165, 1.54) is 0 Å². The summed E-state index contributed by atoms with van der Waals surface area (Å²) in [6.45, 7) is 2.40. The summed E-state index contributed by atoms with van der Waals surface area (Å²) in [7, 11) is 1.63. The van der Waals surface area contributed by atoms with Crippen molar-refractivity contribution in [2.45, 2.75) is 26.2 Å². The number of rotatable bonds is 8. The predicted octanol–water partition coefficient (Wildman–Crippen LogP) is 5.06. The van der Waals surface area contributed by atoms with Crippen molar-refractivity contribution in [1.82, 2.24) is 0 Å². The van der Waals surface area contributed by atoms with Crippen LogP contribution in [0.3, 0.4) is 0 Å². The molecular weight excluding hydrogens is 366 g/mol. The molecule has 1 amide bonds. The molecule has 0 saturated heterocycles. The summed E-state index contributed by atoms with van der Waals surface area (Å²) >= 11 is 0. The van der Waals surface area contributed by atoms with Gasteiger partial charge < -0.3 is 14.7 Å². The Hall–Kier alpha value is -3.34. The van der Waals surface area contributed by atoms with Crippen LogP contribution in [0.2, 0.25) is 0 Å². The van der Waals surface area contributed by atoms with Crippen molar-refractivity contribution in [2.75, 3.05) is 18.6 Å². The SMILES string of the molecule is COc1ccc(N(CCCCC(=O)O)C(=O)c2cccc(C)c2)c2ccccc12. The number of hydrogen-bond acceptors (Lipinski definition) is 3. The minimum absolute atomic E-state index is 0.0931. The minimum Gasteiger partial charge on any atom is -0.496 e. The molecule has 0 unspecified atom stereocenters. The van der Waals surface area contributed by atoms with Crippen molar-refractivity contribution in [3.8, 4) is 5.75 Å². The maximum absolute atomic E-state index is 13.4. The van der Waals surface area contributed by atoms with Gasteiger partial charge in [0, 0.05) is 29.3 Å². The maximum Gasteiger partial charge on any atom is 0.303 e. The lowest BCUT2D eigenvalue weighted by molar-refractivity contribution is -0.137. The van der Waals surface area contributed by atoms with Crippen LogP contribution in [0, 0.1) is 6.92 Å². The number of amides is 1. The van der Waals surface area contributed by atoms with Crippen LogP contribution in [-0.4, -0.2) is 30.6 Å². The molecule has 150 valence electrons. The average Bonchev–Trinajstić information content (AvgIpc) is 2.72. The first-order valence-corrected chi connectivity index (χ1v) is 9.67. The van der Waals surface area contributed by atoms with Gasteiger partial charge in [0.05, 0.1) is 12.8 Å². The van der Waals surface area contributed by atoms with Gasteiger partial charge in [0.15, 0.2) is 0 Å². The van der Waals surface area contributed by atoms with Gasteiger partial charge in [-0.25, -0.2) is 0 Å². The highest BCUT2D eigenvalue weighted by molar-refractivity contribution is 6.11. The van der Waals surface area contributed by atoms with Gasteiger partial charge >= 0.3 is 5.97 Å². The van der Waals surface area contributed by atoms with Crippen LogP contribution in [-0.2, 0) is 4.79 Å². The second kappa shape index (κ2) is 9.24. The van der Waals surface area contributed by atoms with Crippen molar-refractivity contribution >= 4 is 28.3 Å². The molecule has 0 radical (unpaired) electrons. The zero-order chi connectivity index (χ0) is 20.8. The highest BCUT2D eigenvalue weighted by Crippen LogP contribution is 2.34. The second-order valence-corrected chi connectivity index (χ2v) is 7.01. The molecule has 3 rings (SSSR count). The number of benzene rings is 3. The molecule has 0 atom stereocenters. The van der Waals surface area contributed by atoms with Crippen LogP contribution in [0.1, 0.15) is 35.2 Å². The van der Waals surface area contributed by atoms with E-state index in [9.17, 15) is 9.59 Å². The molecule has 0 spiro atoms. The number of carboxylic acid groups (broad SMARTS) is 1. The van der Waals surface area contributed by atoms with Crippen molar-refractivity contribution in [2.24, 2.45) is 0 Å². The molecule has 0 aliphatic rings. The van der Waals surface area contributed by atoms with Crippen molar-refractivity contribution in [1.29, 1.82) is 0 Å². The monoisotopic (exact) mass is 391 g/mol. The molecule has 0 bridgehead atoms. The fourth-order valence-corrected chi connectivity index (χ4v) is 3.48. The number of aliphatic carboxylic acids is 1. The molecule has 0 saturated carbocycles. The third kappa shape index (κ3) is 4.74. The molecule has 0 aromatic heterocycles. The van der Waals surface area contributed by atoms with Crippen LogP contribution in [0.5, 0.6) is 5.75 Å². The van der Waals surface area contributed by atoms with Gasteiger partial charge in [-0.05, 0) is 44.0 Å². The van der Waals surface area contributed by atoms with Crippen LogP contribution in [0.15, 0.2) is 60.7 Å². The Labute approximate surface area is 170 Å². The highest BCUT2D eigenvalue weighted by atomic mass is 16.5. The van der Waals surface area contributed by atoms with Gasteiger partial charge in [-0.15, -0.1) is 0 Å². The number of hydrogen-bond donors (Lipinski definition) is 1. The Morgan fingerprint density at radius 1 is 0.966 bits per heavy atom. The van der Waals surface area contributed by atoms with Gasteiger partial charge in [0.2, 0.25) is 0 Å². The second-order valence-electron chi connectivity index (χ2n) is 7.01. The van der Waals surface area contributed by atoms with Gasteiger partial charge in [-0.3, -0.25) is 9.59 Å². The normalized spacial score (nSPS) is 10.7. The molecule has 5 nitrogen and oxygen atoms in total. The summed E-state index contributed by atoms with van der Waals surface area (Å²) in [5.41, 5.74) is 2.42. The van der Waals surface area contributed by atoms with E-state index in [-0.39, 0.29) is 12.3 Å². The van der Waals surface area contributed by atoms with Crippen LogP contribution >= 0.6 is 0 Å². The first-order chi connectivity index (χ1) is 14.0. The van der Waals surface area contributed by atoms with Gasteiger partial charge in [-0.1, -0.05) is 42.0 Å². The largest absolute Gasteiger partial charge is 0.496 e. The lowest BCUT2D eigenvalue weighted by atomic mass is 10.0. The molecule has 3 aromatic rings. The van der Waals surface area contributed by atoms with Gasteiger partial charge in [0.1, 0.15) is 5.75 Å². The Morgan fingerprint density at radius 3 is 2.41 bits per heavy atom. The zero-order valence-corrected chi connectivity index (χ0v) is 16.7. The number of carboxylic acids is 1. The van der Waals surface area contributed by atoms with Crippen LogP contribution in [0.4, 0.5) is 5.69 Å². The molecule has 0 aliphatic heterocycles. The number of ether oxygens (including phenoxy) is 1. The molecule has 0 heterocycles. The number of unbranched alkanes of at least 4 members (excludes halogenated alkanes) is 1. The smallest absolute Gasteiger partial charge is 0.303 e. The van der Waals surface area contributed by atoms with E-state index in [0.717, 1.165) is 27.8 Å². The zero-order valence-electron chi connectivity index (χ0n) is 16.7. The summed E-state index contributed by atoms with van der Waals surface area (Å²) in [5.74, 6) is -0.172. The maximum atomic E-state index is 13.4. The Morgan fingerprint density at radius 2 is 1.72 bits per heavy atom. The number of methoxy groups -OCH3 is 1. The molecule has 29 heavy (non-hydrogen) atoms. The molecule has 3 aromatic carbocycles. The predicted molar refractivity (Wildman–Crippen MR) is 115 cm³/mol. The summed E-state index contributed by atoms with van der Waals surface area (Å²) in [4.78, 5) is 26.0. The summed E-state index contributed by atoms with van der Waals surface area (Å²) in [6, 6.07) is 19.1. The quantitative estimate of drug-likeness (QED) is 0.545. The lowest BCUT2D eigenvalue weighted by Gasteiger charge is -2.25. The van der Waals surface area contributed by atoms with Crippen molar-refractivity contribution < 1.29 is 19.4 Å². The number of nitrogens with zero attached hydrogens (tertiary/aromatic N) is 1.